The number of benzene rings is 1. The predicted molar refractivity (Wildman–Crippen MR) is 131 cm³/mol. The van der Waals surface area contributed by atoms with E-state index in [1.807, 2.05) is 7.05 Å². The van der Waals surface area contributed by atoms with Crippen LogP contribution in [0.15, 0.2) is 29.3 Å². The highest BCUT2D eigenvalue weighted by Crippen LogP contribution is 2.15. The van der Waals surface area contributed by atoms with Crippen LogP contribution in [0.4, 0.5) is 0 Å². The van der Waals surface area contributed by atoms with E-state index >= 15 is 0 Å². The maximum absolute atomic E-state index is 5.47. The first-order valence-electron chi connectivity index (χ1n) is 10.8. The van der Waals surface area contributed by atoms with E-state index in [4.69, 9.17) is 4.74 Å². The van der Waals surface area contributed by atoms with E-state index in [0.717, 1.165) is 64.4 Å². The third-order valence-electron chi connectivity index (χ3n) is 5.88. The van der Waals surface area contributed by atoms with E-state index in [1.165, 1.54) is 37.1 Å². The number of nitrogens with zero attached hydrogens (tertiary/aromatic N) is 3. The molecule has 2 saturated heterocycles. The van der Waals surface area contributed by atoms with Crippen molar-refractivity contribution in [1.82, 2.24) is 20.4 Å². The first-order valence-corrected chi connectivity index (χ1v) is 10.8. The molecule has 0 unspecified atom stereocenters. The third-order valence-corrected chi connectivity index (χ3v) is 5.88. The van der Waals surface area contributed by atoms with Gasteiger partial charge in [-0.1, -0.05) is 31.2 Å². The Morgan fingerprint density at radius 3 is 2.41 bits per heavy atom. The SMILES string of the molecule is CN=C(NCCN1CCC(C)CC1)NCc1ccccc1CN1CCOCC1.I. The van der Waals surface area contributed by atoms with Crippen molar-refractivity contribution < 1.29 is 4.74 Å². The number of likely N-dealkylation sites (tertiary alicyclic amines) is 1. The molecule has 29 heavy (non-hydrogen) atoms. The molecule has 0 aromatic heterocycles. The minimum Gasteiger partial charge on any atom is -0.379 e. The van der Waals surface area contributed by atoms with Crippen LogP contribution in [0, 0.1) is 5.92 Å². The molecule has 7 heteroatoms. The topological polar surface area (TPSA) is 52.1 Å². The van der Waals surface area contributed by atoms with Crippen LogP contribution < -0.4 is 10.6 Å². The van der Waals surface area contributed by atoms with Gasteiger partial charge in [0.25, 0.3) is 0 Å². The normalized spacial score (nSPS) is 19.6. The molecule has 2 fully saturated rings. The van der Waals surface area contributed by atoms with Crippen molar-refractivity contribution in [3.05, 3.63) is 35.4 Å². The summed E-state index contributed by atoms with van der Waals surface area (Å²) in [5.74, 6) is 1.77. The monoisotopic (exact) mass is 515 g/mol. The molecular formula is C22H38IN5O. The molecule has 2 N–H and O–H groups in total. The second-order valence-corrected chi connectivity index (χ2v) is 8.03. The van der Waals surface area contributed by atoms with E-state index in [1.54, 1.807) is 0 Å². The molecule has 164 valence electrons. The summed E-state index contributed by atoms with van der Waals surface area (Å²) in [6, 6.07) is 8.70. The Hall–Kier alpha value is -0.900. The van der Waals surface area contributed by atoms with Gasteiger partial charge in [0.15, 0.2) is 5.96 Å². The summed E-state index contributed by atoms with van der Waals surface area (Å²) in [7, 11) is 1.84. The number of morpholine rings is 1. The first kappa shape index (κ1) is 24.4. The smallest absolute Gasteiger partial charge is 0.191 e. The van der Waals surface area contributed by atoms with Gasteiger partial charge in [0.1, 0.15) is 0 Å². The number of rotatable bonds is 7. The van der Waals surface area contributed by atoms with Crippen molar-refractivity contribution in [2.45, 2.75) is 32.9 Å². The molecule has 1 aromatic rings. The predicted octanol–water partition coefficient (Wildman–Crippen LogP) is 2.53. The summed E-state index contributed by atoms with van der Waals surface area (Å²) in [5.41, 5.74) is 2.72. The number of ether oxygens (including phenoxy) is 1. The van der Waals surface area contributed by atoms with Gasteiger partial charge in [-0.15, -0.1) is 24.0 Å². The Morgan fingerprint density at radius 1 is 1.03 bits per heavy atom. The second kappa shape index (κ2) is 13.4. The number of nitrogens with one attached hydrogen (secondary N) is 2. The fraction of sp³-hybridized carbons (Fsp3) is 0.682. The van der Waals surface area contributed by atoms with Crippen molar-refractivity contribution in [2.24, 2.45) is 10.9 Å². The lowest BCUT2D eigenvalue weighted by molar-refractivity contribution is 0.0341. The zero-order valence-corrected chi connectivity index (χ0v) is 20.4. The van der Waals surface area contributed by atoms with E-state index in [2.05, 4.69) is 56.6 Å². The molecule has 0 spiro atoms. The highest BCUT2D eigenvalue weighted by molar-refractivity contribution is 14.0. The van der Waals surface area contributed by atoms with Gasteiger partial charge in [0.2, 0.25) is 0 Å². The van der Waals surface area contributed by atoms with Crippen LogP contribution in [0.3, 0.4) is 0 Å². The van der Waals surface area contributed by atoms with E-state index < -0.39 is 0 Å². The van der Waals surface area contributed by atoms with Gasteiger partial charge in [-0.3, -0.25) is 9.89 Å². The van der Waals surface area contributed by atoms with Gasteiger partial charge in [0, 0.05) is 46.3 Å². The number of guanidine groups is 1. The molecule has 0 bridgehead atoms. The van der Waals surface area contributed by atoms with Crippen LogP contribution in [-0.2, 0) is 17.8 Å². The number of aliphatic imine (C=N–C) groups is 1. The zero-order chi connectivity index (χ0) is 19.6. The van der Waals surface area contributed by atoms with Crippen LogP contribution in [0.1, 0.15) is 30.9 Å². The van der Waals surface area contributed by atoms with E-state index in [0.29, 0.717) is 0 Å². The van der Waals surface area contributed by atoms with Gasteiger partial charge in [-0.25, -0.2) is 0 Å². The molecule has 2 aliphatic heterocycles. The summed E-state index contributed by atoms with van der Waals surface area (Å²) in [5, 5.41) is 6.95. The molecule has 0 atom stereocenters. The fourth-order valence-corrected chi connectivity index (χ4v) is 3.90. The molecule has 1 aromatic carbocycles. The maximum atomic E-state index is 5.47. The van der Waals surface area contributed by atoms with Crippen molar-refractivity contribution in [3.8, 4) is 0 Å². The molecular weight excluding hydrogens is 477 g/mol. The Labute approximate surface area is 193 Å². The van der Waals surface area contributed by atoms with E-state index in [9.17, 15) is 0 Å². The second-order valence-electron chi connectivity index (χ2n) is 8.03. The van der Waals surface area contributed by atoms with Gasteiger partial charge in [-0.2, -0.15) is 0 Å². The van der Waals surface area contributed by atoms with Crippen LogP contribution in [0.2, 0.25) is 0 Å². The minimum absolute atomic E-state index is 0. The lowest BCUT2D eigenvalue weighted by Crippen LogP contribution is -2.43. The number of piperidine rings is 1. The average molecular weight is 515 g/mol. The molecule has 0 radical (unpaired) electrons. The molecule has 0 aliphatic carbocycles. The summed E-state index contributed by atoms with van der Waals surface area (Å²) in [6.45, 7) is 12.3. The minimum atomic E-state index is 0. The van der Waals surface area contributed by atoms with Gasteiger partial charge in [0.05, 0.1) is 13.2 Å². The molecule has 6 nitrogen and oxygen atoms in total. The average Bonchev–Trinajstić information content (AvgIpc) is 2.73. The van der Waals surface area contributed by atoms with Crippen LogP contribution in [0.5, 0.6) is 0 Å². The van der Waals surface area contributed by atoms with Gasteiger partial charge < -0.3 is 20.3 Å². The third kappa shape index (κ3) is 8.39. The fourth-order valence-electron chi connectivity index (χ4n) is 3.90. The lowest BCUT2D eigenvalue weighted by atomic mass is 9.99. The Balaban J connectivity index is 0.00000300. The number of halogens is 1. The van der Waals surface area contributed by atoms with E-state index in [-0.39, 0.29) is 24.0 Å². The number of hydrogen-bond acceptors (Lipinski definition) is 4. The first-order chi connectivity index (χ1) is 13.7. The molecule has 0 saturated carbocycles. The van der Waals surface area contributed by atoms with Gasteiger partial charge >= 0.3 is 0 Å². The van der Waals surface area contributed by atoms with Crippen LogP contribution in [0.25, 0.3) is 0 Å². The summed E-state index contributed by atoms with van der Waals surface area (Å²) < 4.78 is 5.47. The zero-order valence-electron chi connectivity index (χ0n) is 18.0. The standard InChI is InChI=1S/C22H37N5O.HI/c1-19-7-10-26(11-8-19)12-9-24-22(23-2)25-17-20-5-3-4-6-21(20)18-27-13-15-28-16-14-27;/h3-6,19H,7-18H2,1-2H3,(H2,23,24,25);1H. The highest BCUT2D eigenvalue weighted by atomic mass is 127. The largest absolute Gasteiger partial charge is 0.379 e. The molecule has 2 heterocycles. The van der Waals surface area contributed by atoms with Crippen molar-refractivity contribution in [1.29, 1.82) is 0 Å². The number of hydrogen-bond donors (Lipinski definition) is 2. The Kier molecular flexibility index (Phi) is 11.3. The quantitative estimate of drug-likeness (QED) is 0.332. The van der Waals surface area contributed by atoms with Crippen molar-refractivity contribution in [3.63, 3.8) is 0 Å². The maximum Gasteiger partial charge on any atom is 0.191 e. The summed E-state index contributed by atoms with van der Waals surface area (Å²) in [4.78, 5) is 9.41. The molecule has 2 aliphatic rings. The highest BCUT2D eigenvalue weighted by Gasteiger charge is 2.15. The lowest BCUT2D eigenvalue weighted by Gasteiger charge is -2.30. The van der Waals surface area contributed by atoms with Gasteiger partial charge in [-0.05, 0) is 43.0 Å². The van der Waals surface area contributed by atoms with Crippen molar-refractivity contribution in [2.75, 3.05) is 59.5 Å². The molecule has 0 amide bonds. The van der Waals surface area contributed by atoms with Crippen molar-refractivity contribution >= 4 is 29.9 Å². The summed E-state index contributed by atoms with van der Waals surface area (Å²) in [6.07, 6.45) is 2.65. The van der Waals surface area contributed by atoms with Crippen LogP contribution in [-0.4, -0.2) is 75.3 Å². The Morgan fingerprint density at radius 2 is 1.72 bits per heavy atom. The Bertz CT molecular complexity index is 613. The van der Waals surface area contributed by atoms with Crippen LogP contribution >= 0.6 is 24.0 Å². The summed E-state index contributed by atoms with van der Waals surface area (Å²) >= 11 is 0. The molecule has 3 rings (SSSR count).